The van der Waals surface area contributed by atoms with Crippen LogP contribution in [-0.2, 0) is 4.79 Å². The summed E-state index contributed by atoms with van der Waals surface area (Å²) < 4.78 is 18.8. The maximum absolute atomic E-state index is 13.4. The summed E-state index contributed by atoms with van der Waals surface area (Å²) in [6.07, 6.45) is 2.09. The topological polar surface area (TPSA) is 41.6 Å². The molecular formula is C16H21FN2O2. The number of halogens is 1. The van der Waals surface area contributed by atoms with Crippen molar-refractivity contribution in [1.82, 2.24) is 10.2 Å². The molecule has 0 spiro atoms. The summed E-state index contributed by atoms with van der Waals surface area (Å²) in [5.41, 5.74) is 0. The monoisotopic (exact) mass is 292 g/mol. The molecule has 2 fully saturated rings. The van der Waals surface area contributed by atoms with E-state index in [-0.39, 0.29) is 18.3 Å². The van der Waals surface area contributed by atoms with Crippen LogP contribution in [0.2, 0.25) is 0 Å². The van der Waals surface area contributed by atoms with E-state index in [9.17, 15) is 9.18 Å². The molecule has 0 radical (unpaired) electrons. The number of hydrogen-bond acceptors (Lipinski definition) is 3. The van der Waals surface area contributed by atoms with E-state index in [0.717, 1.165) is 39.0 Å². The zero-order valence-electron chi connectivity index (χ0n) is 12.1. The number of amides is 1. The maximum Gasteiger partial charge on any atom is 0.260 e. The van der Waals surface area contributed by atoms with Crippen molar-refractivity contribution in [1.29, 1.82) is 0 Å². The highest BCUT2D eigenvalue weighted by Gasteiger charge is 2.31. The lowest BCUT2D eigenvalue weighted by Crippen LogP contribution is -2.36. The highest BCUT2D eigenvalue weighted by molar-refractivity contribution is 5.77. The number of nitrogens with one attached hydrogen (secondary N) is 1. The first-order valence-corrected chi connectivity index (χ1v) is 7.60. The van der Waals surface area contributed by atoms with Gasteiger partial charge in [-0.15, -0.1) is 0 Å². The molecule has 114 valence electrons. The predicted octanol–water partition coefficient (Wildman–Crippen LogP) is 1.66. The molecule has 1 amide bonds. The van der Waals surface area contributed by atoms with Crippen molar-refractivity contribution in [2.75, 3.05) is 32.8 Å². The van der Waals surface area contributed by atoms with Crippen LogP contribution >= 0.6 is 0 Å². The second-order valence-electron chi connectivity index (χ2n) is 5.86. The molecule has 0 aromatic heterocycles. The normalized spacial score (nSPS) is 25.3. The summed E-state index contributed by atoms with van der Waals surface area (Å²) in [4.78, 5) is 14.1. The van der Waals surface area contributed by atoms with Gasteiger partial charge in [0.15, 0.2) is 18.2 Å². The van der Waals surface area contributed by atoms with E-state index in [4.69, 9.17) is 4.74 Å². The van der Waals surface area contributed by atoms with Gasteiger partial charge in [-0.2, -0.15) is 0 Å². The smallest absolute Gasteiger partial charge is 0.260 e. The molecule has 2 aliphatic heterocycles. The van der Waals surface area contributed by atoms with Gasteiger partial charge in [0, 0.05) is 13.1 Å². The number of nitrogens with zero attached hydrogens (tertiary/aromatic N) is 1. The fraction of sp³-hybridized carbons (Fsp3) is 0.562. The van der Waals surface area contributed by atoms with Crippen LogP contribution < -0.4 is 10.1 Å². The van der Waals surface area contributed by atoms with Gasteiger partial charge >= 0.3 is 0 Å². The Bertz CT molecular complexity index is 495. The Kier molecular flexibility index (Phi) is 4.39. The quantitative estimate of drug-likeness (QED) is 0.921. The third kappa shape index (κ3) is 3.35. The molecule has 1 aromatic carbocycles. The zero-order valence-corrected chi connectivity index (χ0v) is 12.1. The number of likely N-dealkylation sites (tertiary alicyclic amines) is 1. The van der Waals surface area contributed by atoms with E-state index in [0.29, 0.717) is 11.8 Å². The number of rotatable bonds is 3. The zero-order chi connectivity index (χ0) is 14.7. The second-order valence-corrected chi connectivity index (χ2v) is 5.86. The number of benzene rings is 1. The van der Waals surface area contributed by atoms with Crippen LogP contribution in [0.4, 0.5) is 4.39 Å². The lowest BCUT2D eigenvalue weighted by molar-refractivity contribution is -0.133. The minimum absolute atomic E-state index is 0.0498. The fourth-order valence-corrected chi connectivity index (χ4v) is 3.26. The van der Waals surface area contributed by atoms with Crippen LogP contribution in [0.1, 0.15) is 12.8 Å². The van der Waals surface area contributed by atoms with Gasteiger partial charge in [0.25, 0.3) is 5.91 Å². The van der Waals surface area contributed by atoms with Crippen molar-refractivity contribution in [3.8, 4) is 5.75 Å². The first-order chi connectivity index (χ1) is 10.2. The van der Waals surface area contributed by atoms with Crippen molar-refractivity contribution in [3.05, 3.63) is 30.1 Å². The lowest BCUT2D eigenvalue weighted by Gasteiger charge is -2.21. The first-order valence-electron chi connectivity index (χ1n) is 7.60. The molecule has 0 aliphatic carbocycles. The molecule has 5 heteroatoms. The fourth-order valence-electron chi connectivity index (χ4n) is 3.26. The molecule has 2 saturated heterocycles. The van der Waals surface area contributed by atoms with Crippen molar-refractivity contribution < 1.29 is 13.9 Å². The first kappa shape index (κ1) is 14.3. The summed E-state index contributed by atoms with van der Waals surface area (Å²) in [7, 11) is 0. The number of para-hydroxylation sites is 1. The Balaban J connectivity index is 1.52. The van der Waals surface area contributed by atoms with Gasteiger partial charge in [-0.05, 0) is 49.9 Å². The Morgan fingerprint density at radius 2 is 1.90 bits per heavy atom. The Hall–Kier alpha value is -1.62. The number of hydrogen-bond donors (Lipinski definition) is 1. The van der Waals surface area contributed by atoms with Crippen LogP contribution in [0, 0.1) is 17.7 Å². The average Bonchev–Trinajstić information content (AvgIpc) is 2.85. The number of ether oxygens (including phenoxy) is 1. The maximum atomic E-state index is 13.4. The highest BCUT2D eigenvalue weighted by atomic mass is 19.1. The standard InChI is InChI=1S/C16H21FN2O2/c17-14-3-1-2-4-15(14)21-11-16(20)19-7-5-12-9-18-10-13(12)6-8-19/h1-4,12-13,18H,5-11H2/t12-,13+. The van der Waals surface area contributed by atoms with E-state index in [1.807, 2.05) is 4.90 Å². The van der Waals surface area contributed by atoms with Crippen LogP contribution in [0.15, 0.2) is 24.3 Å². The van der Waals surface area contributed by atoms with Gasteiger partial charge < -0.3 is 15.0 Å². The van der Waals surface area contributed by atoms with E-state index >= 15 is 0 Å². The predicted molar refractivity (Wildman–Crippen MR) is 77.6 cm³/mol. The molecule has 1 N–H and O–H groups in total. The molecule has 2 aliphatic rings. The lowest BCUT2D eigenvalue weighted by atomic mass is 9.92. The van der Waals surface area contributed by atoms with E-state index < -0.39 is 5.82 Å². The number of carbonyl (C=O) groups is 1. The summed E-state index contributed by atoms with van der Waals surface area (Å²) >= 11 is 0. The molecule has 2 heterocycles. The Morgan fingerprint density at radius 1 is 1.24 bits per heavy atom. The van der Waals surface area contributed by atoms with E-state index in [1.165, 1.54) is 6.07 Å². The van der Waals surface area contributed by atoms with Crippen LogP contribution in [0.5, 0.6) is 5.75 Å². The number of carbonyl (C=O) groups excluding carboxylic acids is 1. The summed E-state index contributed by atoms with van der Waals surface area (Å²) in [6, 6.07) is 6.18. The Morgan fingerprint density at radius 3 is 2.57 bits per heavy atom. The van der Waals surface area contributed by atoms with E-state index in [2.05, 4.69) is 5.32 Å². The minimum Gasteiger partial charge on any atom is -0.481 e. The van der Waals surface area contributed by atoms with Crippen molar-refractivity contribution in [2.24, 2.45) is 11.8 Å². The largest absolute Gasteiger partial charge is 0.481 e. The summed E-state index contributed by atoms with van der Waals surface area (Å²) in [5, 5.41) is 3.42. The molecule has 4 nitrogen and oxygen atoms in total. The molecule has 0 saturated carbocycles. The highest BCUT2D eigenvalue weighted by Crippen LogP contribution is 2.27. The molecule has 2 atom stereocenters. The van der Waals surface area contributed by atoms with Crippen molar-refractivity contribution >= 4 is 5.91 Å². The van der Waals surface area contributed by atoms with Gasteiger partial charge in [-0.1, -0.05) is 12.1 Å². The molecule has 1 aromatic rings. The number of fused-ring (bicyclic) bond motifs is 1. The molecule has 21 heavy (non-hydrogen) atoms. The molecule has 0 bridgehead atoms. The van der Waals surface area contributed by atoms with Gasteiger partial charge in [-0.25, -0.2) is 4.39 Å². The summed E-state index contributed by atoms with van der Waals surface area (Å²) in [5.74, 6) is 1.04. The van der Waals surface area contributed by atoms with Gasteiger partial charge in [0.2, 0.25) is 0 Å². The van der Waals surface area contributed by atoms with Gasteiger partial charge in [-0.3, -0.25) is 4.79 Å². The average molecular weight is 292 g/mol. The van der Waals surface area contributed by atoms with Crippen LogP contribution in [0.3, 0.4) is 0 Å². The second kappa shape index (κ2) is 6.43. The Labute approximate surface area is 124 Å². The van der Waals surface area contributed by atoms with Gasteiger partial charge in [0.05, 0.1) is 0 Å². The van der Waals surface area contributed by atoms with Crippen molar-refractivity contribution in [3.63, 3.8) is 0 Å². The van der Waals surface area contributed by atoms with Crippen LogP contribution in [-0.4, -0.2) is 43.6 Å². The third-order valence-corrected chi connectivity index (χ3v) is 4.56. The molecule has 3 rings (SSSR count). The van der Waals surface area contributed by atoms with Gasteiger partial charge in [0.1, 0.15) is 0 Å². The van der Waals surface area contributed by atoms with Crippen LogP contribution in [0.25, 0.3) is 0 Å². The molecule has 0 unspecified atom stereocenters. The third-order valence-electron chi connectivity index (χ3n) is 4.56. The van der Waals surface area contributed by atoms with Crippen molar-refractivity contribution in [2.45, 2.75) is 12.8 Å². The SMILES string of the molecule is O=C(COc1ccccc1F)N1CC[C@@H]2CNC[C@@H]2CC1. The van der Waals surface area contributed by atoms with E-state index in [1.54, 1.807) is 18.2 Å². The summed E-state index contributed by atoms with van der Waals surface area (Å²) in [6.45, 7) is 3.61. The minimum atomic E-state index is -0.429. The molecular weight excluding hydrogens is 271 g/mol.